The largest absolute Gasteiger partial charge is 0.477 e. The number of rotatable bonds is 7. The van der Waals surface area contributed by atoms with Crippen molar-refractivity contribution in [3.63, 3.8) is 0 Å². The zero-order valence-electron chi connectivity index (χ0n) is 11.4. The first-order valence-electron chi connectivity index (χ1n) is 6.24. The Hall–Kier alpha value is -1.34. The first-order chi connectivity index (χ1) is 8.79. The number of sulfonamides is 1. The predicted molar refractivity (Wildman–Crippen MR) is 71.9 cm³/mol. The summed E-state index contributed by atoms with van der Waals surface area (Å²) in [5.74, 6) is -1.14. The fourth-order valence-electron chi connectivity index (χ4n) is 1.67. The summed E-state index contributed by atoms with van der Waals surface area (Å²) in [5.41, 5.74) is -0.0223. The maximum atomic E-state index is 12.0. The van der Waals surface area contributed by atoms with Gasteiger partial charge in [-0.2, -0.15) is 0 Å². The normalized spacial score (nSPS) is 12.0. The third-order valence-corrected chi connectivity index (χ3v) is 4.16. The van der Waals surface area contributed by atoms with Crippen molar-refractivity contribution < 1.29 is 18.3 Å². The highest BCUT2D eigenvalue weighted by molar-refractivity contribution is 7.89. The van der Waals surface area contributed by atoms with Crippen molar-refractivity contribution in [2.75, 3.05) is 6.54 Å². The van der Waals surface area contributed by atoms with Crippen molar-refractivity contribution in [1.82, 2.24) is 9.29 Å². The van der Waals surface area contributed by atoms with E-state index in [9.17, 15) is 13.2 Å². The van der Waals surface area contributed by atoms with Crippen LogP contribution < -0.4 is 4.72 Å². The molecule has 108 valence electrons. The molecule has 0 radical (unpaired) electrons. The minimum atomic E-state index is -3.64. The van der Waals surface area contributed by atoms with Gasteiger partial charge in [-0.3, -0.25) is 0 Å². The van der Waals surface area contributed by atoms with Gasteiger partial charge in [0.15, 0.2) is 0 Å². The molecule has 0 bridgehead atoms. The van der Waals surface area contributed by atoms with Crippen molar-refractivity contribution in [3.8, 4) is 0 Å². The fourth-order valence-corrected chi connectivity index (χ4v) is 2.77. The van der Waals surface area contributed by atoms with E-state index in [1.54, 1.807) is 13.8 Å². The fraction of sp³-hybridized carbons (Fsp3) is 0.583. The Morgan fingerprint density at radius 1 is 1.47 bits per heavy atom. The van der Waals surface area contributed by atoms with Gasteiger partial charge in [0, 0.05) is 18.8 Å². The Morgan fingerprint density at radius 2 is 2.11 bits per heavy atom. The van der Waals surface area contributed by atoms with Crippen LogP contribution in [0.15, 0.2) is 17.2 Å². The summed E-state index contributed by atoms with van der Waals surface area (Å²) < 4.78 is 27.9. The van der Waals surface area contributed by atoms with Gasteiger partial charge in [0.25, 0.3) is 0 Å². The highest BCUT2D eigenvalue weighted by atomic mass is 32.2. The number of unbranched alkanes of at least 4 members (excludes halogenated alkanes) is 1. The van der Waals surface area contributed by atoms with Gasteiger partial charge in [0.1, 0.15) is 10.6 Å². The molecule has 0 unspecified atom stereocenters. The lowest BCUT2D eigenvalue weighted by Crippen LogP contribution is -2.24. The third kappa shape index (κ3) is 3.81. The summed E-state index contributed by atoms with van der Waals surface area (Å²) in [5, 5.41) is 9.07. The maximum Gasteiger partial charge on any atom is 0.352 e. The Bertz CT molecular complexity index is 546. The second kappa shape index (κ2) is 6.21. The van der Waals surface area contributed by atoms with E-state index >= 15 is 0 Å². The standard InChI is InChI=1S/C12H20N2O4S/c1-4-5-6-13-19(17,18)10-7-11(12(15)16)14(8-10)9(2)3/h7-9,13H,4-6H2,1-3H3,(H,15,16). The summed E-state index contributed by atoms with van der Waals surface area (Å²) in [6.45, 7) is 5.92. The van der Waals surface area contributed by atoms with Crippen LogP contribution >= 0.6 is 0 Å². The molecule has 0 saturated carbocycles. The topological polar surface area (TPSA) is 88.4 Å². The molecular formula is C12H20N2O4S. The molecule has 1 heterocycles. The first kappa shape index (κ1) is 15.7. The highest BCUT2D eigenvalue weighted by Gasteiger charge is 2.21. The van der Waals surface area contributed by atoms with Crippen molar-refractivity contribution in [1.29, 1.82) is 0 Å². The molecule has 1 aromatic rings. The van der Waals surface area contributed by atoms with Gasteiger partial charge in [-0.05, 0) is 26.3 Å². The van der Waals surface area contributed by atoms with Gasteiger partial charge >= 0.3 is 5.97 Å². The molecule has 0 aliphatic rings. The van der Waals surface area contributed by atoms with Crippen LogP contribution in [-0.2, 0) is 10.0 Å². The van der Waals surface area contributed by atoms with Crippen LogP contribution in [0.2, 0.25) is 0 Å². The van der Waals surface area contributed by atoms with Crippen LogP contribution in [0.25, 0.3) is 0 Å². The van der Waals surface area contributed by atoms with Crippen LogP contribution in [-0.4, -0.2) is 30.6 Å². The van der Waals surface area contributed by atoms with E-state index < -0.39 is 16.0 Å². The van der Waals surface area contributed by atoms with Crippen LogP contribution in [0.3, 0.4) is 0 Å². The van der Waals surface area contributed by atoms with Crippen LogP contribution in [0.4, 0.5) is 0 Å². The van der Waals surface area contributed by atoms with Crippen molar-refractivity contribution in [2.45, 2.75) is 44.6 Å². The van der Waals surface area contributed by atoms with E-state index in [1.807, 2.05) is 6.92 Å². The van der Waals surface area contributed by atoms with Gasteiger partial charge in [-0.15, -0.1) is 0 Å². The number of aromatic carboxylic acids is 1. The predicted octanol–water partition coefficient (Wildman–Crippen LogP) is 1.85. The lowest BCUT2D eigenvalue weighted by atomic mass is 10.3. The number of nitrogens with one attached hydrogen (secondary N) is 1. The van der Waals surface area contributed by atoms with E-state index in [1.165, 1.54) is 16.8 Å². The van der Waals surface area contributed by atoms with Crippen molar-refractivity contribution in [2.24, 2.45) is 0 Å². The van der Waals surface area contributed by atoms with E-state index in [0.717, 1.165) is 12.8 Å². The molecule has 0 saturated heterocycles. The van der Waals surface area contributed by atoms with E-state index in [-0.39, 0.29) is 16.6 Å². The molecule has 7 heteroatoms. The highest BCUT2D eigenvalue weighted by Crippen LogP contribution is 2.18. The molecule has 6 nitrogen and oxygen atoms in total. The molecule has 19 heavy (non-hydrogen) atoms. The van der Waals surface area contributed by atoms with Crippen LogP contribution in [0, 0.1) is 0 Å². The van der Waals surface area contributed by atoms with Crippen molar-refractivity contribution in [3.05, 3.63) is 18.0 Å². The number of hydrogen-bond donors (Lipinski definition) is 2. The summed E-state index contributed by atoms with van der Waals surface area (Å²) in [7, 11) is -3.64. The van der Waals surface area contributed by atoms with Crippen LogP contribution in [0.5, 0.6) is 0 Å². The van der Waals surface area contributed by atoms with Gasteiger partial charge in [0.2, 0.25) is 10.0 Å². The molecule has 1 aromatic heterocycles. The van der Waals surface area contributed by atoms with Gasteiger partial charge in [0.05, 0.1) is 0 Å². The summed E-state index contributed by atoms with van der Waals surface area (Å²) in [4.78, 5) is 11.1. The van der Waals surface area contributed by atoms with Gasteiger partial charge in [-0.25, -0.2) is 17.9 Å². The second-order valence-electron chi connectivity index (χ2n) is 4.62. The lowest BCUT2D eigenvalue weighted by molar-refractivity contribution is 0.0683. The molecule has 0 aliphatic heterocycles. The summed E-state index contributed by atoms with van der Waals surface area (Å²) in [6, 6.07) is 1.07. The Labute approximate surface area is 113 Å². The average molecular weight is 288 g/mol. The molecule has 0 aliphatic carbocycles. The lowest BCUT2D eigenvalue weighted by Gasteiger charge is -2.09. The Morgan fingerprint density at radius 3 is 2.53 bits per heavy atom. The number of carboxylic acids is 1. The SMILES string of the molecule is CCCCNS(=O)(=O)c1cc(C(=O)O)n(C(C)C)c1. The smallest absolute Gasteiger partial charge is 0.352 e. The number of nitrogens with zero attached hydrogens (tertiary/aromatic N) is 1. The third-order valence-electron chi connectivity index (χ3n) is 2.73. The Balaban J connectivity index is 3.08. The molecule has 0 atom stereocenters. The van der Waals surface area contributed by atoms with Crippen LogP contribution in [0.1, 0.15) is 50.1 Å². The molecule has 0 amide bonds. The van der Waals surface area contributed by atoms with E-state index in [4.69, 9.17) is 5.11 Å². The first-order valence-corrected chi connectivity index (χ1v) is 7.72. The molecular weight excluding hydrogens is 268 g/mol. The number of carbonyl (C=O) groups is 1. The molecule has 0 fully saturated rings. The summed E-state index contributed by atoms with van der Waals surface area (Å²) in [6.07, 6.45) is 2.99. The van der Waals surface area contributed by atoms with Gasteiger partial charge < -0.3 is 9.67 Å². The van der Waals surface area contributed by atoms with E-state index in [2.05, 4.69) is 4.72 Å². The van der Waals surface area contributed by atoms with Gasteiger partial charge in [-0.1, -0.05) is 13.3 Å². The average Bonchev–Trinajstić information content (AvgIpc) is 2.74. The second-order valence-corrected chi connectivity index (χ2v) is 6.39. The number of hydrogen-bond acceptors (Lipinski definition) is 3. The van der Waals surface area contributed by atoms with E-state index in [0.29, 0.717) is 6.54 Å². The maximum absolute atomic E-state index is 12.0. The van der Waals surface area contributed by atoms with Crippen molar-refractivity contribution >= 4 is 16.0 Å². The zero-order valence-corrected chi connectivity index (χ0v) is 12.2. The minimum Gasteiger partial charge on any atom is -0.477 e. The number of carboxylic acid groups (broad SMARTS) is 1. The summed E-state index contributed by atoms with van der Waals surface area (Å²) >= 11 is 0. The number of aromatic nitrogens is 1. The molecule has 2 N–H and O–H groups in total. The molecule has 0 aromatic carbocycles. The minimum absolute atomic E-state index is 0.00490. The zero-order chi connectivity index (χ0) is 14.6. The Kier molecular flexibility index (Phi) is 5.13. The monoisotopic (exact) mass is 288 g/mol. The molecule has 0 spiro atoms. The molecule has 1 rings (SSSR count). The quantitative estimate of drug-likeness (QED) is 0.749.